The van der Waals surface area contributed by atoms with Crippen LogP contribution in [-0.4, -0.2) is 15.2 Å². The molecule has 0 saturated carbocycles. The van der Waals surface area contributed by atoms with Crippen molar-refractivity contribution in [3.05, 3.63) is 66.2 Å². The Morgan fingerprint density at radius 1 is 0.833 bits per heavy atom. The fourth-order valence-corrected chi connectivity index (χ4v) is 3.29. The van der Waals surface area contributed by atoms with Gasteiger partial charge in [0, 0.05) is 11.1 Å². The van der Waals surface area contributed by atoms with E-state index in [4.69, 9.17) is 4.74 Å². The van der Waals surface area contributed by atoms with Crippen molar-refractivity contribution in [2.75, 3.05) is 7.11 Å². The highest BCUT2D eigenvalue weighted by atomic mass is 28.3. The van der Waals surface area contributed by atoms with Crippen LogP contribution in [0.4, 0.5) is 0 Å². The van der Waals surface area contributed by atoms with Gasteiger partial charge in [-0.1, -0.05) is 74.1 Å². The molecule has 0 bridgehead atoms. The van der Waals surface area contributed by atoms with Gasteiger partial charge in [-0.25, -0.2) is 0 Å². The minimum atomic E-state index is -1.45. The Hall–Kier alpha value is -2.50. The molecule has 0 unspecified atom stereocenters. The minimum Gasteiger partial charge on any atom is -0.496 e. The van der Waals surface area contributed by atoms with Gasteiger partial charge >= 0.3 is 0 Å². The minimum absolute atomic E-state index is 0.869. The fourth-order valence-electron chi connectivity index (χ4n) is 2.78. The lowest BCUT2D eigenvalue weighted by Gasteiger charge is -2.14. The van der Waals surface area contributed by atoms with Crippen LogP contribution in [0.1, 0.15) is 5.56 Å². The second-order valence-electron chi connectivity index (χ2n) is 6.91. The fraction of sp³-hybridized carbons (Fsp3) is 0.182. The summed E-state index contributed by atoms with van der Waals surface area (Å²) in [5.41, 5.74) is 6.77. The molecule has 0 aliphatic heterocycles. The Morgan fingerprint density at radius 3 is 2.29 bits per heavy atom. The average Bonchev–Trinajstić information content (AvgIpc) is 2.58. The summed E-state index contributed by atoms with van der Waals surface area (Å²) in [5.74, 6) is 4.29. The molecule has 0 atom stereocenters. The van der Waals surface area contributed by atoms with Crippen LogP contribution in [-0.2, 0) is 0 Å². The molecule has 0 amide bonds. The number of ether oxygens (including phenoxy) is 1. The molecule has 3 aromatic carbocycles. The second kappa shape index (κ2) is 6.55. The highest BCUT2D eigenvalue weighted by molar-refractivity contribution is 6.83. The topological polar surface area (TPSA) is 9.23 Å². The molecule has 3 rings (SSSR count). The predicted octanol–water partition coefficient (Wildman–Crippen LogP) is 5.74. The molecule has 0 aliphatic carbocycles. The largest absolute Gasteiger partial charge is 0.496 e. The van der Waals surface area contributed by atoms with E-state index in [1.54, 1.807) is 7.11 Å². The lowest BCUT2D eigenvalue weighted by atomic mass is 9.94. The Labute approximate surface area is 145 Å². The molecule has 3 aromatic rings. The van der Waals surface area contributed by atoms with Gasteiger partial charge in [-0.15, -0.1) is 5.54 Å². The number of rotatable bonds is 2. The van der Waals surface area contributed by atoms with Crippen LogP contribution in [0, 0.1) is 11.5 Å². The summed E-state index contributed by atoms with van der Waals surface area (Å²) in [6.45, 7) is 6.79. The molecule has 0 spiro atoms. The van der Waals surface area contributed by atoms with E-state index in [0.29, 0.717) is 0 Å². The van der Waals surface area contributed by atoms with Gasteiger partial charge < -0.3 is 4.74 Å². The van der Waals surface area contributed by atoms with E-state index >= 15 is 0 Å². The third-order valence-corrected chi connectivity index (χ3v) is 4.75. The van der Waals surface area contributed by atoms with Gasteiger partial charge in [-0.05, 0) is 28.5 Å². The molecule has 24 heavy (non-hydrogen) atoms. The number of methoxy groups -OCH3 is 1. The van der Waals surface area contributed by atoms with Gasteiger partial charge in [0.15, 0.2) is 0 Å². The van der Waals surface area contributed by atoms with E-state index in [1.807, 2.05) is 12.1 Å². The number of benzene rings is 3. The SMILES string of the molecule is COc1cccc(C#C[Si](C)(C)C)c1-c1cccc2ccccc12. The molecule has 120 valence electrons. The van der Waals surface area contributed by atoms with Crippen molar-refractivity contribution < 1.29 is 4.74 Å². The zero-order valence-corrected chi connectivity index (χ0v) is 15.7. The third kappa shape index (κ3) is 3.37. The van der Waals surface area contributed by atoms with E-state index in [2.05, 4.69) is 79.6 Å². The van der Waals surface area contributed by atoms with E-state index < -0.39 is 8.07 Å². The lowest BCUT2D eigenvalue weighted by Crippen LogP contribution is -2.16. The summed E-state index contributed by atoms with van der Waals surface area (Å²) in [4.78, 5) is 0. The van der Waals surface area contributed by atoms with Crippen molar-refractivity contribution in [2.24, 2.45) is 0 Å². The van der Waals surface area contributed by atoms with Crippen LogP contribution in [0.2, 0.25) is 19.6 Å². The molecule has 2 heteroatoms. The molecule has 0 N–H and O–H groups in total. The first-order chi connectivity index (χ1) is 11.5. The molecular weight excluding hydrogens is 308 g/mol. The van der Waals surface area contributed by atoms with Gasteiger partial charge in [-0.2, -0.15) is 0 Å². The van der Waals surface area contributed by atoms with Gasteiger partial charge in [0.1, 0.15) is 13.8 Å². The smallest absolute Gasteiger partial charge is 0.129 e. The van der Waals surface area contributed by atoms with Gasteiger partial charge in [-0.3, -0.25) is 0 Å². The molecule has 0 aliphatic rings. The van der Waals surface area contributed by atoms with Crippen molar-refractivity contribution in [3.63, 3.8) is 0 Å². The molecule has 1 nitrogen and oxygen atoms in total. The Kier molecular flexibility index (Phi) is 4.46. The zero-order valence-electron chi connectivity index (χ0n) is 14.7. The van der Waals surface area contributed by atoms with Crippen LogP contribution in [0.25, 0.3) is 21.9 Å². The molecule has 0 heterocycles. The summed E-state index contributed by atoms with van der Waals surface area (Å²) < 4.78 is 5.66. The van der Waals surface area contributed by atoms with Gasteiger partial charge in [0.25, 0.3) is 0 Å². The first-order valence-corrected chi connectivity index (χ1v) is 11.7. The first-order valence-electron chi connectivity index (χ1n) is 8.18. The second-order valence-corrected chi connectivity index (χ2v) is 11.7. The maximum absolute atomic E-state index is 5.66. The van der Waals surface area contributed by atoms with Crippen LogP contribution in [0.15, 0.2) is 60.7 Å². The Bertz CT molecular complexity index is 934. The summed E-state index contributed by atoms with van der Waals surface area (Å²) >= 11 is 0. The van der Waals surface area contributed by atoms with Crippen LogP contribution in [0.3, 0.4) is 0 Å². The first kappa shape index (κ1) is 16.4. The van der Waals surface area contributed by atoms with E-state index in [1.165, 1.54) is 16.3 Å². The van der Waals surface area contributed by atoms with Crippen molar-refractivity contribution in [1.82, 2.24) is 0 Å². The van der Waals surface area contributed by atoms with E-state index in [9.17, 15) is 0 Å². The summed E-state index contributed by atoms with van der Waals surface area (Å²) in [5, 5.41) is 2.45. The summed E-state index contributed by atoms with van der Waals surface area (Å²) in [6, 6.07) is 21.0. The maximum atomic E-state index is 5.66. The van der Waals surface area contributed by atoms with Crippen molar-refractivity contribution in [1.29, 1.82) is 0 Å². The number of hydrogen-bond acceptors (Lipinski definition) is 1. The molecule has 0 radical (unpaired) electrons. The predicted molar refractivity (Wildman–Crippen MR) is 106 cm³/mol. The lowest BCUT2D eigenvalue weighted by molar-refractivity contribution is 0.416. The quantitative estimate of drug-likeness (QED) is 0.430. The van der Waals surface area contributed by atoms with Crippen molar-refractivity contribution in [3.8, 4) is 28.3 Å². The Morgan fingerprint density at radius 2 is 1.54 bits per heavy atom. The van der Waals surface area contributed by atoms with E-state index in [0.717, 1.165) is 16.9 Å². The van der Waals surface area contributed by atoms with Crippen LogP contribution >= 0.6 is 0 Å². The van der Waals surface area contributed by atoms with Crippen molar-refractivity contribution >= 4 is 18.8 Å². The molecular formula is C22H22OSi. The van der Waals surface area contributed by atoms with Gasteiger partial charge in [0.05, 0.1) is 7.11 Å². The monoisotopic (exact) mass is 330 g/mol. The number of fused-ring (bicyclic) bond motifs is 1. The Balaban J connectivity index is 2.31. The normalized spacial score (nSPS) is 11.0. The van der Waals surface area contributed by atoms with E-state index in [-0.39, 0.29) is 0 Å². The standard InChI is InChI=1S/C22H22OSi/c1-23-21-14-8-11-18(15-16-24(2,3)4)22(21)20-13-7-10-17-9-5-6-12-19(17)20/h5-14H,1-4H3. The highest BCUT2D eigenvalue weighted by Crippen LogP contribution is 2.37. The molecule has 0 fully saturated rings. The zero-order chi connectivity index (χ0) is 17.2. The summed E-state index contributed by atoms with van der Waals surface area (Å²) in [7, 11) is 0.275. The highest BCUT2D eigenvalue weighted by Gasteiger charge is 2.14. The summed E-state index contributed by atoms with van der Waals surface area (Å²) in [6.07, 6.45) is 0. The number of hydrogen-bond donors (Lipinski definition) is 0. The molecule has 0 aromatic heterocycles. The van der Waals surface area contributed by atoms with Gasteiger partial charge in [0.2, 0.25) is 0 Å². The van der Waals surface area contributed by atoms with Crippen molar-refractivity contribution in [2.45, 2.75) is 19.6 Å². The average molecular weight is 331 g/mol. The molecule has 0 saturated heterocycles. The van der Waals surface area contributed by atoms with Crippen LogP contribution in [0.5, 0.6) is 5.75 Å². The van der Waals surface area contributed by atoms with Crippen LogP contribution < -0.4 is 4.74 Å². The third-order valence-electron chi connectivity index (χ3n) is 3.88. The maximum Gasteiger partial charge on any atom is 0.129 e.